The van der Waals surface area contributed by atoms with Crippen molar-refractivity contribution < 1.29 is 13.3 Å². The maximum atomic E-state index is 13.1. The molecule has 1 saturated heterocycles. The molecular weight excluding hydrogens is 394 g/mol. The number of hydrogen-bond donors (Lipinski definition) is 2. The van der Waals surface area contributed by atoms with Gasteiger partial charge in [0.25, 0.3) is 5.56 Å². The van der Waals surface area contributed by atoms with Crippen molar-refractivity contribution in [3.05, 3.63) is 34.2 Å². The van der Waals surface area contributed by atoms with E-state index in [0.29, 0.717) is 11.2 Å². The van der Waals surface area contributed by atoms with Gasteiger partial charge in [-0.25, -0.2) is 13.3 Å². The number of nitrogens with zero attached hydrogens (tertiary/aromatic N) is 4. The molecule has 2 N–H and O–H groups in total. The first-order valence-corrected chi connectivity index (χ1v) is 9.04. The topological polar surface area (TPSA) is 101 Å². The molecule has 1 aliphatic carbocycles. The van der Waals surface area contributed by atoms with E-state index >= 15 is 0 Å². The lowest BCUT2D eigenvalue weighted by Crippen LogP contribution is -2.33. The monoisotopic (exact) mass is 412 g/mol. The van der Waals surface area contributed by atoms with Crippen LogP contribution in [0.4, 0.5) is 8.78 Å². The zero-order valence-electron chi connectivity index (χ0n) is 14.8. The van der Waals surface area contributed by atoms with Crippen LogP contribution in [0.5, 0.6) is 0 Å². The molecule has 5 rings (SSSR count). The van der Waals surface area contributed by atoms with E-state index in [4.69, 9.17) is 4.52 Å². The Morgan fingerprint density at radius 2 is 1.96 bits per heavy atom. The third kappa shape index (κ3) is 3.20. The second-order valence-corrected chi connectivity index (χ2v) is 7.32. The van der Waals surface area contributed by atoms with Crippen molar-refractivity contribution in [2.45, 2.75) is 43.4 Å². The van der Waals surface area contributed by atoms with Gasteiger partial charge in [0.05, 0.1) is 17.5 Å². The zero-order valence-corrected chi connectivity index (χ0v) is 15.6. The van der Waals surface area contributed by atoms with Gasteiger partial charge in [0, 0.05) is 30.7 Å². The number of hydrogen-bond acceptors (Lipinski definition) is 6. The molecule has 0 amide bonds. The number of fused-ring (bicyclic) bond motifs is 1. The molecule has 0 unspecified atom stereocenters. The molecule has 2 aliphatic rings. The molecule has 0 atom stereocenters. The quantitative estimate of drug-likeness (QED) is 0.685. The molecule has 3 aromatic heterocycles. The third-order valence-corrected chi connectivity index (χ3v) is 5.41. The van der Waals surface area contributed by atoms with E-state index in [1.165, 1.54) is 0 Å². The van der Waals surface area contributed by atoms with Gasteiger partial charge in [0.2, 0.25) is 17.6 Å². The second kappa shape index (κ2) is 6.93. The summed E-state index contributed by atoms with van der Waals surface area (Å²) in [7, 11) is 0. The predicted molar refractivity (Wildman–Crippen MR) is 98.1 cm³/mol. The first-order chi connectivity index (χ1) is 13.0. The molecule has 11 heteroatoms. The number of piperidine rings is 1. The molecule has 1 aliphatic heterocycles. The van der Waals surface area contributed by atoms with Crippen LogP contribution in [-0.2, 0) is 0 Å². The van der Waals surface area contributed by atoms with Gasteiger partial charge in [-0.1, -0.05) is 5.16 Å². The molecule has 28 heavy (non-hydrogen) atoms. The van der Waals surface area contributed by atoms with Crippen LogP contribution in [0, 0.1) is 0 Å². The van der Waals surface area contributed by atoms with Crippen molar-refractivity contribution in [1.82, 2.24) is 30.1 Å². The SMILES string of the molecule is Cl.O=c1cc(C2CCNCC2)n2ncc(-c3noc(C4CC(F)(F)C4)n3)c2[nH]1. The molecule has 8 nitrogen and oxygen atoms in total. The Balaban J connectivity index is 0.00000192. The molecule has 150 valence electrons. The highest BCUT2D eigenvalue weighted by atomic mass is 35.5. The van der Waals surface area contributed by atoms with Crippen LogP contribution in [0.1, 0.15) is 49.1 Å². The van der Waals surface area contributed by atoms with Crippen LogP contribution in [0.25, 0.3) is 17.0 Å². The Morgan fingerprint density at radius 3 is 2.68 bits per heavy atom. The van der Waals surface area contributed by atoms with Crippen molar-refractivity contribution in [3.63, 3.8) is 0 Å². The van der Waals surface area contributed by atoms with Gasteiger partial charge in [-0.2, -0.15) is 10.1 Å². The Hall–Kier alpha value is -2.33. The van der Waals surface area contributed by atoms with Crippen molar-refractivity contribution in [2.75, 3.05) is 13.1 Å². The minimum absolute atomic E-state index is 0. The maximum Gasteiger partial charge on any atom is 0.251 e. The molecule has 0 aromatic carbocycles. The van der Waals surface area contributed by atoms with Gasteiger partial charge >= 0.3 is 0 Å². The summed E-state index contributed by atoms with van der Waals surface area (Å²) in [6.07, 6.45) is 2.87. The van der Waals surface area contributed by atoms with Gasteiger partial charge in [-0.05, 0) is 25.9 Å². The summed E-state index contributed by atoms with van der Waals surface area (Å²) in [6.45, 7) is 1.79. The predicted octanol–water partition coefficient (Wildman–Crippen LogP) is 2.47. The molecule has 2 fully saturated rings. The van der Waals surface area contributed by atoms with Crippen LogP contribution in [-0.4, -0.2) is 43.8 Å². The third-order valence-electron chi connectivity index (χ3n) is 5.41. The summed E-state index contributed by atoms with van der Waals surface area (Å²) >= 11 is 0. The zero-order chi connectivity index (χ0) is 18.6. The highest BCUT2D eigenvalue weighted by Crippen LogP contribution is 2.48. The number of rotatable bonds is 3. The molecule has 0 radical (unpaired) electrons. The van der Waals surface area contributed by atoms with Crippen LogP contribution in [0.3, 0.4) is 0 Å². The summed E-state index contributed by atoms with van der Waals surface area (Å²) in [5.74, 6) is -2.40. The van der Waals surface area contributed by atoms with Crippen LogP contribution in [0.15, 0.2) is 21.6 Å². The second-order valence-electron chi connectivity index (χ2n) is 7.32. The minimum Gasteiger partial charge on any atom is -0.339 e. The van der Waals surface area contributed by atoms with E-state index in [1.807, 2.05) is 0 Å². The first-order valence-electron chi connectivity index (χ1n) is 9.04. The molecule has 0 spiro atoms. The molecule has 0 bridgehead atoms. The largest absolute Gasteiger partial charge is 0.339 e. The number of aromatic amines is 1. The van der Waals surface area contributed by atoms with Gasteiger partial charge in [0.1, 0.15) is 5.65 Å². The van der Waals surface area contributed by atoms with E-state index in [-0.39, 0.29) is 48.4 Å². The van der Waals surface area contributed by atoms with Crippen molar-refractivity contribution in [1.29, 1.82) is 0 Å². The van der Waals surface area contributed by atoms with Crippen molar-refractivity contribution >= 4 is 18.1 Å². The number of nitrogens with one attached hydrogen (secondary N) is 2. The Morgan fingerprint density at radius 1 is 1.21 bits per heavy atom. The highest BCUT2D eigenvalue weighted by Gasteiger charge is 2.48. The number of H-pyrrole nitrogens is 1. The highest BCUT2D eigenvalue weighted by molar-refractivity contribution is 5.85. The normalized spacial score (nSPS) is 20.1. The standard InChI is InChI=1S/C17H18F2N6O2.ClH/c18-17(19)6-10(7-17)16-23-14(24-27-16)11-8-21-25-12(5-13(26)22-15(11)25)9-1-3-20-4-2-9;/h5,8-10,20H,1-4,6-7H2,(H,22,26);1H. The van der Waals surface area contributed by atoms with E-state index in [1.54, 1.807) is 16.8 Å². The summed E-state index contributed by atoms with van der Waals surface area (Å²) in [6, 6.07) is 1.58. The average Bonchev–Trinajstić information content (AvgIpc) is 3.26. The van der Waals surface area contributed by atoms with E-state index in [2.05, 4.69) is 25.5 Å². The molecule has 1 saturated carbocycles. The number of aromatic nitrogens is 5. The summed E-state index contributed by atoms with van der Waals surface area (Å²) < 4.78 is 33.0. The van der Waals surface area contributed by atoms with Gasteiger partial charge < -0.3 is 14.8 Å². The molecule has 3 aromatic rings. The Kier molecular flexibility index (Phi) is 4.70. The lowest BCUT2D eigenvalue weighted by Gasteiger charge is -2.31. The Labute approximate surface area is 164 Å². The lowest BCUT2D eigenvalue weighted by atomic mass is 9.81. The van der Waals surface area contributed by atoms with E-state index in [9.17, 15) is 13.6 Å². The minimum atomic E-state index is -2.65. The number of alkyl halides is 2. The molecular formula is C17H19ClF2N6O2. The van der Waals surface area contributed by atoms with Crippen LogP contribution in [0.2, 0.25) is 0 Å². The fourth-order valence-electron chi connectivity index (χ4n) is 3.93. The average molecular weight is 413 g/mol. The van der Waals surface area contributed by atoms with Gasteiger partial charge in [0.15, 0.2) is 0 Å². The van der Waals surface area contributed by atoms with Gasteiger partial charge in [-0.3, -0.25) is 4.79 Å². The summed E-state index contributed by atoms with van der Waals surface area (Å²) in [4.78, 5) is 19.3. The van der Waals surface area contributed by atoms with Gasteiger partial charge in [-0.15, -0.1) is 12.4 Å². The number of halogens is 3. The van der Waals surface area contributed by atoms with E-state index < -0.39 is 11.8 Å². The van der Waals surface area contributed by atoms with Crippen molar-refractivity contribution in [2.24, 2.45) is 0 Å². The fraction of sp³-hybridized carbons (Fsp3) is 0.529. The summed E-state index contributed by atoms with van der Waals surface area (Å²) in [5.41, 5.74) is 1.63. The smallest absolute Gasteiger partial charge is 0.251 e. The van der Waals surface area contributed by atoms with Crippen LogP contribution < -0.4 is 10.9 Å². The summed E-state index contributed by atoms with van der Waals surface area (Å²) in [5, 5.41) is 11.6. The molecule has 4 heterocycles. The van der Waals surface area contributed by atoms with E-state index in [0.717, 1.165) is 31.6 Å². The van der Waals surface area contributed by atoms with Crippen LogP contribution >= 0.6 is 12.4 Å². The Bertz CT molecular complexity index is 1050. The lowest BCUT2D eigenvalue weighted by molar-refractivity contribution is -0.0925. The van der Waals surface area contributed by atoms with Crippen molar-refractivity contribution in [3.8, 4) is 11.4 Å². The first kappa shape index (κ1) is 19.0. The maximum absolute atomic E-state index is 13.1. The fourth-order valence-corrected chi connectivity index (χ4v) is 3.93.